The van der Waals surface area contributed by atoms with Crippen LogP contribution >= 0.6 is 11.3 Å². The molecule has 0 aromatic carbocycles. The monoisotopic (exact) mass is 241 g/mol. The van der Waals surface area contributed by atoms with Crippen LogP contribution in [0.15, 0.2) is 6.20 Å². The number of nitrogens with zero attached hydrogens (tertiary/aromatic N) is 2. The number of nitrogens with two attached hydrogens (primary N) is 1. The first-order valence-corrected chi connectivity index (χ1v) is 6.56. The van der Waals surface area contributed by atoms with Crippen LogP contribution in [0.25, 0.3) is 0 Å². The SMILES string of the molecule is CN(CCC1CCCO1)Cc1cnc(N)s1. The first kappa shape index (κ1) is 11.8. The van der Waals surface area contributed by atoms with Crippen LogP contribution in [0.3, 0.4) is 0 Å². The van der Waals surface area contributed by atoms with Crippen molar-refractivity contribution in [2.75, 3.05) is 25.9 Å². The number of anilines is 1. The maximum atomic E-state index is 5.60. The summed E-state index contributed by atoms with van der Waals surface area (Å²) in [5, 5.41) is 0.655. The van der Waals surface area contributed by atoms with Crippen LogP contribution in [0.1, 0.15) is 24.1 Å². The number of thiazole rings is 1. The van der Waals surface area contributed by atoms with Gasteiger partial charge in [0.15, 0.2) is 5.13 Å². The van der Waals surface area contributed by atoms with E-state index in [9.17, 15) is 0 Å². The fourth-order valence-corrected chi connectivity index (χ4v) is 2.74. The fraction of sp³-hybridized carbons (Fsp3) is 0.727. The average molecular weight is 241 g/mol. The molecule has 16 heavy (non-hydrogen) atoms. The first-order valence-electron chi connectivity index (χ1n) is 5.74. The summed E-state index contributed by atoms with van der Waals surface area (Å²) in [5.41, 5.74) is 5.60. The molecule has 0 amide bonds. The number of hydrogen-bond acceptors (Lipinski definition) is 5. The van der Waals surface area contributed by atoms with Crippen molar-refractivity contribution in [3.05, 3.63) is 11.1 Å². The van der Waals surface area contributed by atoms with Crippen molar-refractivity contribution in [2.24, 2.45) is 0 Å². The van der Waals surface area contributed by atoms with E-state index < -0.39 is 0 Å². The number of aromatic nitrogens is 1. The lowest BCUT2D eigenvalue weighted by Gasteiger charge is -2.17. The molecule has 1 saturated heterocycles. The molecule has 0 saturated carbocycles. The van der Waals surface area contributed by atoms with E-state index in [2.05, 4.69) is 16.9 Å². The van der Waals surface area contributed by atoms with Gasteiger partial charge in [-0.05, 0) is 26.3 Å². The Balaban J connectivity index is 1.69. The van der Waals surface area contributed by atoms with Gasteiger partial charge < -0.3 is 15.4 Å². The summed E-state index contributed by atoms with van der Waals surface area (Å²) in [6, 6.07) is 0. The Hall–Kier alpha value is -0.650. The van der Waals surface area contributed by atoms with Crippen molar-refractivity contribution in [3.8, 4) is 0 Å². The van der Waals surface area contributed by atoms with Crippen molar-refractivity contribution in [3.63, 3.8) is 0 Å². The molecule has 2 rings (SSSR count). The fourth-order valence-electron chi connectivity index (χ4n) is 1.98. The van der Waals surface area contributed by atoms with E-state index in [-0.39, 0.29) is 0 Å². The average Bonchev–Trinajstić information content (AvgIpc) is 2.87. The van der Waals surface area contributed by atoms with E-state index in [4.69, 9.17) is 10.5 Å². The van der Waals surface area contributed by atoms with E-state index in [1.807, 2.05) is 6.20 Å². The lowest BCUT2D eigenvalue weighted by Crippen LogP contribution is -2.22. The van der Waals surface area contributed by atoms with Crippen LogP contribution in [0.5, 0.6) is 0 Å². The highest BCUT2D eigenvalue weighted by Gasteiger charge is 2.15. The second-order valence-corrected chi connectivity index (χ2v) is 5.47. The molecule has 0 spiro atoms. The predicted molar refractivity (Wildman–Crippen MR) is 66.5 cm³/mol. The molecular weight excluding hydrogens is 222 g/mol. The summed E-state index contributed by atoms with van der Waals surface area (Å²) < 4.78 is 5.60. The second kappa shape index (κ2) is 5.61. The number of hydrogen-bond donors (Lipinski definition) is 1. The van der Waals surface area contributed by atoms with Gasteiger partial charge in [-0.3, -0.25) is 0 Å². The third-order valence-electron chi connectivity index (χ3n) is 2.85. The molecule has 2 heterocycles. The third kappa shape index (κ3) is 3.43. The second-order valence-electron chi connectivity index (χ2n) is 4.33. The van der Waals surface area contributed by atoms with Crippen LogP contribution in [0.2, 0.25) is 0 Å². The van der Waals surface area contributed by atoms with Crippen molar-refractivity contribution >= 4 is 16.5 Å². The Kier molecular flexibility index (Phi) is 4.15. The number of ether oxygens (including phenoxy) is 1. The lowest BCUT2D eigenvalue weighted by atomic mass is 10.2. The minimum Gasteiger partial charge on any atom is -0.378 e. The molecule has 1 aromatic heterocycles. The highest BCUT2D eigenvalue weighted by Crippen LogP contribution is 2.18. The van der Waals surface area contributed by atoms with Crippen molar-refractivity contribution < 1.29 is 4.74 Å². The minimum absolute atomic E-state index is 0.481. The number of rotatable bonds is 5. The summed E-state index contributed by atoms with van der Waals surface area (Å²) in [5.74, 6) is 0. The molecule has 5 heteroatoms. The summed E-state index contributed by atoms with van der Waals surface area (Å²) in [6.07, 6.45) is 5.92. The molecule has 1 unspecified atom stereocenters. The van der Waals surface area contributed by atoms with E-state index in [0.29, 0.717) is 11.2 Å². The van der Waals surface area contributed by atoms with Gasteiger partial charge in [0.05, 0.1) is 6.10 Å². The van der Waals surface area contributed by atoms with Gasteiger partial charge in [-0.25, -0.2) is 4.98 Å². The van der Waals surface area contributed by atoms with Gasteiger partial charge in [-0.15, -0.1) is 11.3 Å². The van der Waals surface area contributed by atoms with Gasteiger partial charge in [-0.1, -0.05) is 0 Å². The highest BCUT2D eigenvalue weighted by atomic mass is 32.1. The van der Waals surface area contributed by atoms with E-state index in [1.54, 1.807) is 11.3 Å². The Labute approximate surface area is 100 Å². The largest absolute Gasteiger partial charge is 0.378 e. The smallest absolute Gasteiger partial charge is 0.180 e. The Morgan fingerprint density at radius 2 is 2.56 bits per heavy atom. The Bertz CT molecular complexity index is 323. The zero-order chi connectivity index (χ0) is 11.4. The molecular formula is C11H19N3OS. The van der Waals surface area contributed by atoms with Crippen LogP contribution in [0.4, 0.5) is 5.13 Å². The van der Waals surface area contributed by atoms with Crippen LogP contribution in [-0.2, 0) is 11.3 Å². The first-order chi connectivity index (χ1) is 7.74. The molecule has 0 radical (unpaired) electrons. The maximum Gasteiger partial charge on any atom is 0.180 e. The molecule has 4 nitrogen and oxygen atoms in total. The van der Waals surface area contributed by atoms with Gasteiger partial charge in [0.25, 0.3) is 0 Å². The normalized spacial score (nSPS) is 20.8. The molecule has 90 valence electrons. The molecule has 1 aliphatic heterocycles. The van der Waals surface area contributed by atoms with Crippen LogP contribution in [-0.4, -0.2) is 36.2 Å². The summed E-state index contributed by atoms with van der Waals surface area (Å²) >= 11 is 1.57. The van der Waals surface area contributed by atoms with Crippen LogP contribution < -0.4 is 5.73 Å². The minimum atomic E-state index is 0.481. The van der Waals surface area contributed by atoms with E-state index in [1.165, 1.54) is 17.7 Å². The van der Waals surface area contributed by atoms with Crippen molar-refractivity contribution in [2.45, 2.75) is 31.9 Å². The van der Waals surface area contributed by atoms with Crippen LogP contribution in [0, 0.1) is 0 Å². The highest BCUT2D eigenvalue weighted by molar-refractivity contribution is 7.15. The Morgan fingerprint density at radius 3 is 3.19 bits per heavy atom. The van der Waals surface area contributed by atoms with Gasteiger partial charge in [0.2, 0.25) is 0 Å². The summed E-state index contributed by atoms with van der Waals surface area (Å²) in [6.45, 7) is 2.95. The molecule has 0 bridgehead atoms. The predicted octanol–water partition coefficient (Wildman–Crippen LogP) is 1.73. The third-order valence-corrected chi connectivity index (χ3v) is 3.67. The molecule has 2 N–H and O–H groups in total. The van der Waals surface area contributed by atoms with Gasteiger partial charge in [-0.2, -0.15) is 0 Å². The number of nitrogen functional groups attached to an aromatic ring is 1. The zero-order valence-corrected chi connectivity index (χ0v) is 10.5. The molecule has 1 aliphatic rings. The summed E-state index contributed by atoms with van der Waals surface area (Å²) in [7, 11) is 2.13. The van der Waals surface area contributed by atoms with Gasteiger partial charge >= 0.3 is 0 Å². The van der Waals surface area contributed by atoms with E-state index in [0.717, 1.165) is 26.1 Å². The van der Waals surface area contributed by atoms with Crippen molar-refractivity contribution in [1.29, 1.82) is 0 Å². The van der Waals surface area contributed by atoms with Crippen molar-refractivity contribution in [1.82, 2.24) is 9.88 Å². The lowest BCUT2D eigenvalue weighted by molar-refractivity contribution is 0.0945. The quantitative estimate of drug-likeness (QED) is 0.853. The topological polar surface area (TPSA) is 51.4 Å². The molecule has 1 fully saturated rings. The Morgan fingerprint density at radius 1 is 1.69 bits per heavy atom. The molecule has 1 aromatic rings. The van der Waals surface area contributed by atoms with Gasteiger partial charge in [0, 0.05) is 30.8 Å². The standard InChI is InChI=1S/C11H19N3OS/c1-14(5-4-9-3-2-6-15-9)8-10-7-13-11(12)16-10/h7,9H,2-6,8H2,1H3,(H2,12,13). The van der Waals surface area contributed by atoms with E-state index >= 15 is 0 Å². The van der Waals surface area contributed by atoms with Gasteiger partial charge in [0.1, 0.15) is 0 Å². The molecule has 1 atom stereocenters. The molecule has 0 aliphatic carbocycles. The zero-order valence-electron chi connectivity index (χ0n) is 9.69. The maximum absolute atomic E-state index is 5.60. The summed E-state index contributed by atoms with van der Waals surface area (Å²) in [4.78, 5) is 7.58.